The Kier molecular flexibility index (Phi) is 2.06. The van der Waals surface area contributed by atoms with Crippen LogP contribution in [0.4, 0.5) is 0 Å². The molecule has 3 saturated carbocycles. The van der Waals surface area contributed by atoms with Crippen molar-refractivity contribution in [2.45, 2.75) is 44.1 Å². The van der Waals surface area contributed by atoms with Crippen LogP contribution >= 0.6 is 0 Å². The fourth-order valence-electron chi connectivity index (χ4n) is 2.13. The van der Waals surface area contributed by atoms with Crippen LogP contribution < -0.4 is 5.73 Å². The van der Waals surface area contributed by atoms with Crippen LogP contribution in [0.5, 0.6) is 0 Å². The normalized spacial score (nSPS) is 27.5. The van der Waals surface area contributed by atoms with Crippen LogP contribution in [0.1, 0.15) is 38.5 Å². The molecule has 2 N–H and O–H groups in total. The van der Waals surface area contributed by atoms with E-state index in [0.717, 1.165) is 37.8 Å². The quantitative estimate of drug-likeness (QED) is 0.736. The first kappa shape index (κ1) is 9.64. The Morgan fingerprint density at radius 2 is 1.60 bits per heavy atom. The van der Waals surface area contributed by atoms with Crippen molar-refractivity contribution in [1.82, 2.24) is 4.90 Å². The predicted octanol–water partition coefficient (Wildman–Crippen LogP) is 1.13. The van der Waals surface area contributed by atoms with Gasteiger partial charge in [0.25, 0.3) is 0 Å². The van der Waals surface area contributed by atoms with E-state index in [1.807, 2.05) is 0 Å². The summed E-state index contributed by atoms with van der Waals surface area (Å²) in [5.74, 6) is 1.81. The van der Waals surface area contributed by atoms with Crippen LogP contribution in [0.15, 0.2) is 0 Å². The molecule has 84 valence electrons. The van der Waals surface area contributed by atoms with Gasteiger partial charge in [0.05, 0.1) is 5.54 Å². The van der Waals surface area contributed by atoms with Gasteiger partial charge in [-0.05, 0) is 50.4 Å². The van der Waals surface area contributed by atoms with Crippen molar-refractivity contribution in [3.8, 4) is 0 Å². The number of carbonyl (C=O) groups is 1. The topological polar surface area (TPSA) is 46.3 Å². The first-order valence-electron chi connectivity index (χ1n) is 6.26. The van der Waals surface area contributed by atoms with Crippen molar-refractivity contribution in [3.63, 3.8) is 0 Å². The summed E-state index contributed by atoms with van der Waals surface area (Å²) in [6.45, 7) is 1.96. The largest absolute Gasteiger partial charge is 0.341 e. The van der Waals surface area contributed by atoms with Crippen LogP contribution in [-0.4, -0.2) is 29.4 Å². The summed E-state index contributed by atoms with van der Waals surface area (Å²) in [5.41, 5.74) is 5.54. The molecule has 0 aromatic rings. The molecule has 0 aromatic carbocycles. The molecule has 0 unspecified atom stereocenters. The molecular weight excluding hydrogens is 188 g/mol. The van der Waals surface area contributed by atoms with Crippen LogP contribution in [0.25, 0.3) is 0 Å². The van der Waals surface area contributed by atoms with Gasteiger partial charge < -0.3 is 10.6 Å². The SMILES string of the molecule is NC1(C(=O)N(CC2CC2)CC2CC2)CC1. The van der Waals surface area contributed by atoms with Gasteiger partial charge in [-0.15, -0.1) is 0 Å². The molecule has 0 atom stereocenters. The lowest BCUT2D eigenvalue weighted by Crippen LogP contribution is -2.47. The molecule has 3 rings (SSSR count). The Labute approximate surface area is 91.0 Å². The molecule has 0 aromatic heterocycles. The molecule has 0 aliphatic heterocycles. The van der Waals surface area contributed by atoms with Gasteiger partial charge in [0.1, 0.15) is 0 Å². The maximum Gasteiger partial charge on any atom is 0.242 e. The number of hydrogen-bond acceptors (Lipinski definition) is 2. The van der Waals surface area contributed by atoms with Crippen LogP contribution in [-0.2, 0) is 4.79 Å². The summed E-state index contributed by atoms with van der Waals surface area (Å²) in [5, 5.41) is 0. The van der Waals surface area contributed by atoms with Crippen molar-refractivity contribution in [2.24, 2.45) is 17.6 Å². The second-order valence-corrected chi connectivity index (χ2v) is 5.75. The summed E-state index contributed by atoms with van der Waals surface area (Å²) in [7, 11) is 0. The number of carbonyl (C=O) groups excluding carboxylic acids is 1. The number of nitrogens with zero attached hydrogens (tertiary/aromatic N) is 1. The van der Waals surface area contributed by atoms with Crippen molar-refractivity contribution >= 4 is 5.91 Å². The molecule has 3 aliphatic carbocycles. The molecule has 15 heavy (non-hydrogen) atoms. The highest BCUT2D eigenvalue weighted by Gasteiger charge is 2.49. The Balaban J connectivity index is 1.61. The van der Waals surface area contributed by atoms with Crippen LogP contribution in [0.2, 0.25) is 0 Å². The maximum absolute atomic E-state index is 12.2. The minimum Gasteiger partial charge on any atom is -0.341 e. The average Bonchev–Trinajstić information content (AvgIpc) is 3.02. The first-order valence-corrected chi connectivity index (χ1v) is 6.26. The van der Waals surface area contributed by atoms with Gasteiger partial charge in [0.2, 0.25) is 5.91 Å². The number of nitrogens with two attached hydrogens (primary N) is 1. The maximum atomic E-state index is 12.2. The minimum absolute atomic E-state index is 0.237. The molecule has 0 saturated heterocycles. The Morgan fingerprint density at radius 1 is 1.13 bits per heavy atom. The Hall–Kier alpha value is -0.570. The minimum atomic E-state index is -0.455. The van der Waals surface area contributed by atoms with E-state index in [1.165, 1.54) is 25.7 Å². The molecule has 3 aliphatic rings. The van der Waals surface area contributed by atoms with E-state index in [0.29, 0.717) is 0 Å². The smallest absolute Gasteiger partial charge is 0.242 e. The highest BCUT2D eigenvalue weighted by Crippen LogP contribution is 2.38. The van der Waals surface area contributed by atoms with E-state index in [9.17, 15) is 4.79 Å². The highest BCUT2D eigenvalue weighted by atomic mass is 16.2. The number of rotatable bonds is 5. The summed E-state index contributed by atoms with van der Waals surface area (Å²) >= 11 is 0. The standard InChI is InChI=1S/C12H20N2O/c13-12(5-6-12)11(15)14(7-9-1-2-9)8-10-3-4-10/h9-10H,1-8,13H2. The summed E-state index contributed by atoms with van der Waals surface area (Å²) in [6.07, 6.45) is 7.05. The van der Waals surface area contributed by atoms with Crippen molar-refractivity contribution in [2.75, 3.05) is 13.1 Å². The number of amides is 1. The fourth-order valence-corrected chi connectivity index (χ4v) is 2.13. The zero-order valence-electron chi connectivity index (χ0n) is 9.24. The molecule has 3 heteroatoms. The number of hydrogen-bond donors (Lipinski definition) is 1. The zero-order valence-corrected chi connectivity index (χ0v) is 9.24. The van der Waals surface area contributed by atoms with E-state index in [-0.39, 0.29) is 5.91 Å². The third-order valence-corrected chi connectivity index (χ3v) is 3.85. The Bertz CT molecular complexity index is 263. The van der Waals surface area contributed by atoms with Gasteiger partial charge in [-0.25, -0.2) is 0 Å². The first-order chi connectivity index (χ1) is 7.17. The van der Waals surface area contributed by atoms with E-state index in [4.69, 9.17) is 5.73 Å². The van der Waals surface area contributed by atoms with Crippen molar-refractivity contribution in [1.29, 1.82) is 0 Å². The van der Waals surface area contributed by atoms with Crippen molar-refractivity contribution in [3.05, 3.63) is 0 Å². The van der Waals surface area contributed by atoms with Gasteiger partial charge in [-0.3, -0.25) is 4.79 Å². The highest BCUT2D eigenvalue weighted by molar-refractivity contribution is 5.89. The molecule has 0 spiro atoms. The lowest BCUT2D eigenvalue weighted by atomic mass is 10.2. The van der Waals surface area contributed by atoms with Gasteiger partial charge in [-0.2, -0.15) is 0 Å². The molecule has 3 nitrogen and oxygen atoms in total. The van der Waals surface area contributed by atoms with Crippen LogP contribution in [0.3, 0.4) is 0 Å². The second-order valence-electron chi connectivity index (χ2n) is 5.75. The van der Waals surface area contributed by atoms with Crippen LogP contribution in [0, 0.1) is 11.8 Å². The van der Waals surface area contributed by atoms with Gasteiger partial charge in [0, 0.05) is 13.1 Å². The molecule has 0 radical (unpaired) electrons. The van der Waals surface area contributed by atoms with Gasteiger partial charge in [-0.1, -0.05) is 0 Å². The van der Waals surface area contributed by atoms with E-state index < -0.39 is 5.54 Å². The monoisotopic (exact) mass is 208 g/mol. The fraction of sp³-hybridized carbons (Fsp3) is 0.917. The molecule has 0 bridgehead atoms. The summed E-state index contributed by atoms with van der Waals surface area (Å²) in [4.78, 5) is 14.2. The third kappa shape index (κ3) is 2.17. The molecular formula is C12H20N2O. The van der Waals surface area contributed by atoms with Gasteiger partial charge >= 0.3 is 0 Å². The summed E-state index contributed by atoms with van der Waals surface area (Å²) < 4.78 is 0. The van der Waals surface area contributed by atoms with Gasteiger partial charge in [0.15, 0.2) is 0 Å². The average molecular weight is 208 g/mol. The summed E-state index contributed by atoms with van der Waals surface area (Å²) in [6, 6.07) is 0. The Morgan fingerprint density at radius 3 is 1.93 bits per heavy atom. The molecule has 0 heterocycles. The zero-order chi connectivity index (χ0) is 10.5. The molecule has 3 fully saturated rings. The van der Waals surface area contributed by atoms with Crippen molar-refractivity contribution < 1.29 is 4.79 Å². The lowest BCUT2D eigenvalue weighted by Gasteiger charge is -2.25. The van der Waals surface area contributed by atoms with E-state index >= 15 is 0 Å². The van der Waals surface area contributed by atoms with E-state index in [1.54, 1.807) is 0 Å². The molecule has 1 amide bonds. The van der Waals surface area contributed by atoms with E-state index in [2.05, 4.69) is 4.90 Å². The predicted molar refractivity (Wildman–Crippen MR) is 58.2 cm³/mol. The second kappa shape index (κ2) is 3.21. The lowest BCUT2D eigenvalue weighted by molar-refractivity contribution is -0.134. The third-order valence-electron chi connectivity index (χ3n) is 3.85.